The lowest BCUT2D eigenvalue weighted by atomic mass is 10.3. The van der Waals surface area contributed by atoms with Crippen LogP contribution in [0.15, 0.2) is 33.7 Å². The molecule has 0 bridgehead atoms. The van der Waals surface area contributed by atoms with Crippen LogP contribution in [0, 0.1) is 10.1 Å². The first kappa shape index (κ1) is 11.6. The molecule has 0 fully saturated rings. The van der Waals surface area contributed by atoms with Crippen molar-refractivity contribution in [2.75, 3.05) is 11.9 Å². The highest BCUT2D eigenvalue weighted by molar-refractivity contribution is 9.11. The number of nitro benzene ring substituents is 1. The predicted molar refractivity (Wildman–Crippen MR) is 67.2 cm³/mol. The number of hydrogen-bond donors (Lipinski definition) is 1. The number of nitro groups is 1. The molecule has 7 heteroatoms. The highest BCUT2D eigenvalue weighted by Crippen LogP contribution is 2.23. The minimum atomic E-state index is -0.477. The summed E-state index contributed by atoms with van der Waals surface area (Å²) in [6.45, 7) is 4.12. The van der Waals surface area contributed by atoms with Gasteiger partial charge in [0.2, 0.25) is 0 Å². The monoisotopic (exact) mass is 297 g/mol. The predicted octanol–water partition coefficient (Wildman–Crippen LogP) is 3.06. The Hall–Kier alpha value is -1.89. The lowest BCUT2D eigenvalue weighted by molar-refractivity contribution is -0.384. The summed E-state index contributed by atoms with van der Waals surface area (Å²) in [7, 11) is 0. The van der Waals surface area contributed by atoms with E-state index in [9.17, 15) is 10.1 Å². The third kappa shape index (κ3) is 2.62. The van der Waals surface area contributed by atoms with Gasteiger partial charge in [0.1, 0.15) is 5.52 Å². The molecule has 6 nitrogen and oxygen atoms in total. The summed E-state index contributed by atoms with van der Waals surface area (Å²) >= 11 is 3.19. The quantitative estimate of drug-likeness (QED) is 0.693. The maximum absolute atomic E-state index is 10.6. The summed E-state index contributed by atoms with van der Waals surface area (Å²) in [6, 6.07) is 4.58. The third-order valence-corrected chi connectivity index (χ3v) is 2.29. The Kier molecular flexibility index (Phi) is 3.10. The molecule has 0 atom stereocenters. The van der Waals surface area contributed by atoms with Crippen molar-refractivity contribution < 1.29 is 9.34 Å². The van der Waals surface area contributed by atoms with Gasteiger partial charge >= 0.3 is 0 Å². The van der Waals surface area contributed by atoms with Crippen LogP contribution in [0.5, 0.6) is 0 Å². The molecule has 0 saturated carbocycles. The molecule has 0 aliphatic heterocycles. The van der Waals surface area contributed by atoms with Crippen molar-refractivity contribution in [3.63, 3.8) is 0 Å². The van der Waals surface area contributed by atoms with E-state index >= 15 is 0 Å². The molecule has 88 valence electrons. The Balaban J connectivity index is 2.30. The van der Waals surface area contributed by atoms with E-state index in [0.717, 1.165) is 4.48 Å². The molecule has 1 aromatic carbocycles. The van der Waals surface area contributed by atoms with Gasteiger partial charge in [-0.1, -0.05) is 22.5 Å². The van der Waals surface area contributed by atoms with Gasteiger partial charge in [0.15, 0.2) is 5.58 Å². The highest BCUT2D eigenvalue weighted by atomic mass is 79.9. The first-order valence-electron chi connectivity index (χ1n) is 4.68. The lowest BCUT2D eigenvalue weighted by Gasteiger charge is -1.96. The number of anilines is 1. The lowest BCUT2D eigenvalue weighted by Crippen LogP contribution is -1.99. The molecule has 0 aliphatic carbocycles. The van der Waals surface area contributed by atoms with Crippen LogP contribution in [0.25, 0.3) is 11.1 Å². The van der Waals surface area contributed by atoms with E-state index in [1.165, 1.54) is 12.1 Å². The second-order valence-corrected chi connectivity index (χ2v) is 4.42. The van der Waals surface area contributed by atoms with Gasteiger partial charge in [0.25, 0.3) is 11.7 Å². The van der Waals surface area contributed by atoms with Gasteiger partial charge in [0.05, 0.1) is 17.5 Å². The fraction of sp³-hybridized carbons (Fsp3) is 0.100. The zero-order chi connectivity index (χ0) is 12.4. The van der Waals surface area contributed by atoms with Crippen LogP contribution in [0.1, 0.15) is 0 Å². The largest absolute Gasteiger partial charge is 0.423 e. The van der Waals surface area contributed by atoms with Gasteiger partial charge in [-0.05, 0) is 6.07 Å². The van der Waals surface area contributed by atoms with Crippen LogP contribution in [-0.4, -0.2) is 16.5 Å². The summed E-state index contributed by atoms with van der Waals surface area (Å²) < 4.78 is 6.08. The first-order chi connectivity index (χ1) is 8.06. The smallest absolute Gasteiger partial charge is 0.295 e. The Labute approximate surface area is 105 Å². The number of oxazole rings is 1. The second-order valence-electron chi connectivity index (χ2n) is 3.30. The molecule has 0 spiro atoms. The standard InChI is InChI=1S/C10H8BrN3O3/c1-6(11)5-12-10-13-8-3-2-7(14(15)16)4-9(8)17-10/h2-4H,1,5H2,(H,12,13). The summed E-state index contributed by atoms with van der Waals surface area (Å²) in [6.07, 6.45) is 0. The summed E-state index contributed by atoms with van der Waals surface area (Å²) in [5.41, 5.74) is 0.922. The van der Waals surface area contributed by atoms with E-state index in [0.29, 0.717) is 23.7 Å². The summed E-state index contributed by atoms with van der Waals surface area (Å²) in [5, 5.41) is 13.5. The van der Waals surface area contributed by atoms with Crippen molar-refractivity contribution in [3.05, 3.63) is 39.4 Å². The maximum Gasteiger partial charge on any atom is 0.295 e. The zero-order valence-electron chi connectivity index (χ0n) is 8.64. The molecule has 1 aromatic heterocycles. The number of halogens is 1. The minimum absolute atomic E-state index is 0.0231. The van der Waals surface area contributed by atoms with Crippen molar-refractivity contribution in [2.45, 2.75) is 0 Å². The van der Waals surface area contributed by atoms with E-state index < -0.39 is 4.92 Å². The molecule has 2 aromatic rings. The minimum Gasteiger partial charge on any atom is -0.423 e. The number of rotatable bonds is 4. The molecule has 1 heterocycles. The highest BCUT2D eigenvalue weighted by Gasteiger charge is 2.11. The molecule has 0 radical (unpaired) electrons. The Morgan fingerprint density at radius 3 is 3.06 bits per heavy atom. The third-order valence-electron chi connectivity index (χ3n) is 2.01. The first-order valence-corrected chi connectivity index (χ1v) is 5.47. The molecule has 0 unspecified atom stereocenters. The Morgan fingerprint density at radius 1 is 1.65 bits per heavy atom. The van der Waals surface area contributed by atoms with Crippen LogP contribution in [0.3, 0.4) is 0 Å². The van der Waals surface area contributed by atoms with Crippen molar-refractivity contribution in [1.29, 1.82) is 0 Å². The number of aromatic nitrogens is 1. The van der Waals surface area contributed by atoms with E-state index in [1.54, 1.807) is 6.07 Å². The molecule has 1 N–H and O–H groups in total. The molecular weight excluding hydrogens is 290 g/mol. The molecule has 0 aliphatic rings. The van der Waals surface area contributed by atoms with Gasteiger partial charge in [-0.25, -0.2) is 0 Å². The Bertz CT molecular complexity index is 593. The van der Waals surface area contributed by atoms with Crippen molar-refractivity contribution >= 4 is 38.7 Å². The number of nitrogens with zero attached hydrogens (tertiary/aromatic N) is 2. The Morgan fingerprint density at radius 2 is 2.41 bits per heavy atom. The van der Waals surface area contributed by atoms with Crippen LogP contribution in [-0.2, 0) is 0 Å². The van der Waals surface area contributed by atoms with Crippen LogP contribution >= 0.6 is 15.9 Å². The average Bonchev–Trinajstić information content (AvgIpc) is 2.67. The fourth-order valence-corrected chi connectivity index (χ4v) is 1.41. The second kappa shape index (κ2) is 4.54. The number of non-ortho nitro benzene ring substituents is 1. The van der Waals surface area contributed by atoms with Gasteiger partial charge in [-0.2, -0.15) is 4.98 Å². The van der Waals surface area contributed by atoms with Crippen molar-refractivity contribution in [1.82, 2.24) is 4.98 Å². The molecule has 0 amide bonds. The van der Waals surface area contributed by atoms with Gasteiger partial charge in [0, 0.05) is 10.5 Å². The van der Waals surface area contributed by atoms with Crippen LogP contribution in [0.4, 0.5) is 11.7 Å². The van der Waals surface area contributed by atoms with Crippen LogP contribution < -0.4 is 5.32 Å². The molecule has 17 heavy (non-hydrogen) atoms. The molecule has 2 rings (SSSR count). The summed E-state index contributed by atoms with van der Waals surface area (Å²) in [5.74, 6) is 0. The van der Waals surface area contributed by atoms with E-state index in [4.69, 9.17) is 4.42 Å². The van der Waals surface area contributed by atoms with Crippen LogP contribution in [0.2, 0.25) is 0 Å². The van der Waals surface area contributed by atoms with E-state index in [1.807, 2.05) is 0 Å². The SMILES string of the molecule is C=C(Br)CNc1nc2ccc([N+](=O)[O-])cc2o1. The molecule has 0 saturated heterocycles. The number of fused-ring (bicyclic) bond motifs is 1. The maximum atomic E-state index is 10.6. The molecular formula is C10H8BrN3O3. The van der Waals surface area contributed by atoms with E-state index in [-0.39, 0.29) is 5.69 Å². The number of hydrogen-bond acceptors (Lipinski definition) is 5. The van der Waals surface area contributed by atoms with Crippen molar-refractivity contribution in [2.24, 2.45) is 0 Å². The van der Waals surface area contributed by atoms with E-state index in [2.05, 4.69) is 32.8 Å². The van der Waals surface area contributed by atoms with Gasteiger partial charge in [-0.3, -0.25) is 10.1 Å². The topological polar surface area (TPSA) is 81.2 Å². The average molecular weight is 298 g/mol. The van der Waals surface area contributed by atoms with Crippen molar-refractivity contribution in [3.8, 4) is 0 Å². The number of benzene rings is 1. The zero-order valence-corrected chi connectivity index (χ0v) is 10.2. The van der Waals surface area contributed by atoms with Gasteiger partial charge in [-0.15, -0.1) is 0 Å². The number of nitrogens with one attached hydrogen (secondary N) is 1. The fourth-order valence-electron chi connectivity index (χ4n) is 1.27. The normalized spacial score (nSPS) is 10.4. The summed E-state index contributed by atoms with van der Waals surface area (Å²) in [4.78, 5) is 14.2. The van der Waals surface area contributed by atoms with Gasteiger partial charge < -0.3 is 9.73 Å².